The molecule has 0 fully saturated rings. The van der Waals surface area contributed by atoms with E-state index in [2.05, 4.69) is 97.8 Å². The first-order valence-electron chi connectivity index (χ1n) is 8.85. The summed E-state index contributed by atoms with van der Waals surface area (Å²) in [6.45, 7) is 6.83. The Morgan fingerprint density at radius 3 is 2.32 bits per heavy atom. The third-order valence-corrected chi connectivity index (χ3v) is 5.07. The van der Waals surface area contributed by atoms with Crippen LogP contribution in [0.1, 0.15) is 32.8 Å². The van der Waals surface area contributed by atoms with Crippen LogP contribution in [0, 0.1) is 0 Å². The maximum Gasteiger partial charge on any atom is 0.144 e. The first-order chi connectivity index (χ1) is 11.9. The van der Waals surface area contributed by atoms with E-state index in [1.807, 2.05) is 12.4 Å². The van der Waals surface area contributed by atoms with Crippen LogP contribution in [0.2, 0.25) is 0 Å². The zero-order valence-corrected chi connectivity index (χ0v) is 15.8. The van der Waals surface area contributed by atoms with Crippen molar-refractivity contribution in [3.05, 3.63) is 66.5 Å². The summed E-state index contributed by atoms with van der Waals surface area (Å²) in [5.41, 5.74) is 4.98. The summed E-state index contributed by atoms with van der Waals surface area (Å²) in [7, 11) is 4.11. The molecule has 130 valence electrons. The van der Waals surface area contributed by atoms with Crippen LogP contribution < -0.4 is 4.90 Å². The van der Waals surface area contributed by atoms with Crippen molar-refractivity contribution in [1.29, 1.82) is 0 Å². The number of imidazole rings is 1. The van der Waals surface area contributed by atoms with Gasteiger partial charge in [-0.05, 0) is 41.7 Å². The fourth-order valence-corrected chi connectivity index (χ4v) is 3.08. The number of hydrogen-bond donors (Lipinski definition) is 0. The number of hydrogen-bond acceptors (Lipinski definition) is 2. The van der Waals surface area contributed by atoms with E-state index in [1.165, 1.54) is 16.8 Å². The van der Waals surface area contributed by atoms with E-state index >= 15 is 0 Å². The molecule has 0 bridgehead atoms. The van der Waals surface area contributed by atoms with Gasteiger partial charge >= 0.3 is 0 Å². The van der Waals surface area contributed by atoms with E-state index in [0.29, 0.717) is 0 Å². The molecule has 3 heteroatoms. The molecule has 0 saturated carbocycles. The first kappa shape index (κ1) is 17.3. The topological polar surface area (TPSA) is 21.1 Å². The molecule has 25 heavy (non-hydrogen) atoms. The van der Waals surface area contributed by atoms with Gasteiger partial charge in [0.2, 0.25) is 0 Å². The predicted molar refractivity (Wildman–Crippen MR) is 107 cm³/mol. The van der Waals surface area contributed by atoms with E-state index in [-0.39, 0.29) is 5.41 Å². The summed E-state index contributed by atoms with van der Waals surface area (Å²) in [5.74, 6) is 0.995. The standard InChI is InChI=1S/C22H27N3/c1-6-22(2,3)20-10-8-7-9-19(20)21-23-15-16-25(21)18-13-11-17(12-14-18)24(4)5/h7-16H,6H2,1-5H3. The van der Waals surface area contributed by atoms with Gasteiger partial charge in [0, 0.05) is 43.4 Å². The highest BCUT2D eigenvalue weighted by Crippen LogP contribution is 2.35. The van der Waals surface area contributed by atoms with Gasteiger partial charge in [-0.1, -0.05) is 45.0 Å². The van der Waals surface area contributed by atoms with Gasteiger partial charge in [-0.2, -0.15) is 0 Å². The Balaban J connectivity index is 2.09. The van der Waals surface area contributed by atoms with Gasteiger partial charge < -0.3 is 4.90 Å². The van der Waals surface area contributed by atoms with Crippen molar-refractivity contribution in [3.63, 3.8) is 0 Å². The van der Waals surface area contributed by atoms with Crippen LogP contribution in [0.25, 0.3) is 17.1 Å². The zero-order valence-electron chi connectivity index (χ0n) is 15.8. The van der Waals surface area contributed by atoms with E-state index in [4.69, 9.17) is 0 Å². The van der Waals surface area contributed by atoms with E-state index in [0.717, 1.165) is 17.9 Å². The molecule has 0 N–H and O–H groups in total. The second-order valence-corrected chi connectivity index (χ2v) is 7.31. The molecule has 0 saturated heterocycles. The van der Waals surface area contributed by atoms with E-state index in [1.54, 1.807) is 0 Å². The molecule has 0 aliphatic rings. The van der Waals surface area contributed by atoms with Crippen LogP contribution in [0.4, 0.5) is 5.69 Å². The van der Waals surface area contributed by atoms with Crippen molar-refractivity contribution < 1.29 is 0 Å². The van der Waals surface area contributed by atoms with Gasteiger partial charge in [-0.25, -0.2) is 4.98 Å². The smallest absolute Gasteiger partial charge is 0.144 e. The quantitative estimate of drug-likeness (QED) is 0.632. The van der Waals surface area contributed by atoms with Gasteiger partial charge in [0.15, 0.2) is 0 Å². The Morgan fingerprint density at radius 1 is 1.00 bits per heavy atom. The number of nitrogens with zero attached hydrogens (tertiary/aromatic N) is 3. The highest BCUT2D eigenvalue weighted by Gasteiger charge is 2.23. The largest absolute Gasteiger partial charge is 0.378 e. The molecule has 1 aromatic heterocycles. The Bertz CT molecular complexity index is 842. The molecule has 2 aromatic carbocycles. The van der Waals surface area contributed by atoms with Crippen molar-refractivity contribution >= 4 is 5.69 Å². The van der Waals surface area contributed by atoms with Gasteiger partial charge in [0.05, 0.1) is 0 Å². The average Bonchev–Trinajstić information content (AvgIpc) is 3.11. The molecule has 0 aliphatic heterocycles. The predicted octanol–water partition coefficient (Wildman–Crippen LogP) is 5.29. The molecular formula is C22H27N3. The van der Waals surface area contributed by atoms with Crippen molar-refractivity contribution in [3.8, 4) is 17.1 Å². The number of benzene rings is 2. The summed E-state index contributed by atoms with van der Waals surface area (Å²) in [4.78, 5) is 6.79. The average molecular weight is 333 g/mol. The number of anilines is 1. The Morgan fingerprint density at radius 2 is 1.68 bits per heavy atom. The van der Waals surface area contributed by atoms with Crippen molar-refractivity contribution in [2.24, 2.45) is 0 Å². The third-order valence-electron chi connectivity index (χ3n) is 5.07. The molecule has 3 aromatic rings. The summed E-state index contributed by atoms with van der Waals surface area (Å²) in [6.07, 6.45) is 5.00. The summed E-state index contributed by atoms with van der Waals surface area (Å²) >= 11 is 0. The molecule has 0 unspecified atom stereocenters. The van der Waals surface area contributed by atoms with Crippen molar-refractivity contribution in [2.45, 2.75) is 32.6 Å². The van der Waals surface area contributed by atoms with Crippen LogP contribution in [-0.2, 0) is 5.41 Å². The highest BCUT2D eigenvalue weighted by atomic mass is 15.1. The molecule has 3 nitrogen and oxygen atoms in total. The molecule has 0 spiro atoms. The molecule has 1 heterocycles. The van der Waals surface area contributed by atoms with Crippen molar-refractivity contribution in [2.75, 3.05) is 19.0 Å². The minimum Gasteiger partial charge on any atom is -0.378 e. The lowest BCUT2D eigenvalue weighted by molar-refractivity contribution is 0.507. The number of rotatable bonds is 5. The first-order valence-corrected chi connectivity index (χ1v) is 8.85. The Hall–Kier alpha value is -2.55. The van der Waals surface area contributed by atoms with Crippen molar-refractivity contribution in [1.82, 2.24) is 9.55 Å². The van der Waals surface area contributed by atoms with Crippen LogP contribution in [0.15, 0.2) is 60.9 Å². The monoisotopic (exact) mass is 333 g/mol. The fourth-order valence-electron chi connectivity index (χ4n) is 3.08. The minimum atomic E-state index is 0.113. The second-order valence-electron chi connectivity index (χ2n) is 7.31. The number of aromatic nitrogens is 2. The van der Waals surface area contributed by atoms with Gasteiger partial charge in [-0.15, -0.1) is 0 Å². The van der Waals surface area contributed by atoms with Crippen LogP contribution in [-0.4, -0.2) is 23.6 Å². The van der Waals surface area contributed by atoms with E-state index < -0.39 is 0 Å². The normalized spacial score (nSPS) is 11.6. The van der Waals surface area contributed by atoms with Gasteiger partial charge in [0.1, 0.15) is 5.82 Å². The fraction of sp³-hybridized carbons (Fsp3) is 0.318. The summed E-state index contributed by atoms with van der Waals surface area (Å²) in [5, 5.41) is 0. The second kappa shape index (κ2) is 6.75. The van der Waals surface area contributed by atoms with Gasteiger partial charge in [-0.3, -0.25) is 4.57 Å². The molecule has 0 radical (unpaired) electrons. The SMILES string of the molecule is CCC(C)(C)c1ccccc1-c1nccn1-c1ccc(N(C)C)cc1. The molecule has 0 aliphatic carbocycles. The lowest BCUT2D eigenvalue weighted by atomic mass is 9.79. The lowest BCUT2D eigenvalue weighted by Gasteiger charge is -2.26. The molecule has 0 amide bonds. The van der Waals surface area contributed by atoms with Crippen LogP contribution >= 0.6 is 0 Å². The molecule has 3 rings (SSSR count). The maximum atomic E-state index is 4.68. The highest BCUT2D eigenvalue weighted by molar-refractivity contribution is 5.65. The molecule has 0 atom stereocenters. The lowest BCUT2D eigenvalue weighted by Crippen LogP contribution is -2.17. The van der Waals surface area contributed by atoms with E-state index in [9.17, 15) is 0 Å². The summed E-state index contributed by atoms with van der Waals surface area (Å²) < 4.78 is 2.17. The van der Waals surface area contributed by atoms with Crippen LogP contribution in [0.3, 0.4) is 0 Å². The third kappa shape index (κ3) is 3.32. The molecular weight excluding hydrogens is 306 g/mol. The maximum absolute atomic E-state index is 4.68. The van der Waals surface area contributed by atoms with Crippen LogP contribution in [0.5, 0.6) is 0 Å². The zero-order chi connectivity index (χ0) is 18.0. The Kier molecular flexibility index (Phi) is 4.67. The minimum absolute atomic E-state index is 0.113. The van der Waals surface area contributed by atoms with Gasteiger partial charge in [0.25, 0.3) is 0 Å². The Labute approximate surface area is 150 Å². The summed E-state index contributed by atoms with van der Waals surface area (Å²) in [6, 6.07) is 17.2.